The van der Waals surface area contributed by atoms with Crippen molar-refractivity contribution in [2.75, 3.05) is 26.3 Å². The predicted octanol–water partition coefficient (Wildman–Crippen LogP) is 3.83. The molecule has 2 aromatic heterocycles. The van der Waals surface area contributed by atoms with Crippen molar-refractivity contribution in [3.63, 3.8) is 0 Å². The van der Waals surface area contributed by atoms with Crippen LogP contribution >= 0.6 is 0 Å². The van der Waals surface area contributed by atoms with E-state index in [1.807, 2.05) is 59.0 Å². The summed E-state index contributed by atoms with van der Waals surface area (Å²) in [5.74, 6) is 0.807. The molecule has 2 aliphatic rings. The molecule has 2 aromatic carbocycles. The summed E-state index contributed by atoms with van der Waals surface area (Å²) >= 11 is 0. The van der Waals surface area contributed by atoms with Crippen LogP contribution in [0.25, 0.3) is 21.8 Å². The number of aryl methyl sites for hydroxylation is 1. The molecule has 0 spiro atoms. The van der Waals surface area contributed by atoms with Gasteiger partial charge in [-0.25, -0.2) is 0 Å². The Morgan fingerprint density at radius 3 is 2.71 bits per heavy atom. The number of fused-ring (bicyclic) bond motifs is 3. The van der Waals surface area contributed by atoms with E-state index in [2.05, 4.69) is 10.1 Å². The third kappa shape index (κ3) is 3.97. The van der Waals surface area contributed by atoms with Crippen LogP contribution in [0.15, 0.2) is 53.5 Å². The molecule has 1 atom stereocenters. The number of H-pyrrole nitrogens is 1. The van der Waals surface area contributed by atoms with Gasteiger partial charge in [-0.3, -0.25) is 14.3 Å². The van der Waals surface area contributed by atoms with E-state index in [4.69, 9.17) is 9.47 Å². The van der Waals surface area contributed by atoms with Gasteiger partial charge in [-0.1, -0.05) is 18.2 Å². The minimum Gasteiger partial charge on any atom is -0.489 e. The summed E-state index contributed by atoms with van der Waals surface area (Å²) in [6, 6.07) is 13.7. The molecular weight excluding hydrogens is 444 g/mol. The quantitative estimate of drug-likeness (QED) is 0.488. The van der Waals surface area contributed by atoms with Crippen molar-refractivity contribution in [1.82, 2.24) is 19.7 Å². The maximum Gasteiger partial charge on any atom is 0.259 e. The SMILES string of the molecule is Cc1cc2[nH]c(=O)c3cnn(C4CCOCC4)c3c2cc1C(=O)N1CCC(Oc2ccccc2)C1. The normalized spacial score (nSPS) is 19.0. The van der Waals surface area contributed by atoms with Gasteiger partial charge in [0.2, 0.25) is 0 Å². The first-order chi connectivity index (χ1) is 17.1. The number of ether oxygens (including phenoxy) is 2. The summed E-state index contributed by atoms with van der Waals surface area (Å²) in [6.45, 7) is 4.47. The van der Waals surface area contributed by atoms with E-state index >= 15 is 0 Å². The maximum atomic E-state index is 13.6. The van der Waals surface area contributed by atoms with Gasteiger partial charge in [0.15, 0.2) is 0 Å². The summed E-state index contributed by atoms with van der Waals surface area (Å²) in [4.78, 5) is 31.2. The van der Waals surface area contributed by atoms with E-state index in [9.17, 15) is 9.59 Å². The smallest absolute Gasteiger partial charge is 0.259 e. The van der Waals surface area contributed by atoms with E-state index < -0.39 is 0 Å². The molecule has 35 heavy (non-hydrogen) atoms. The Hall–Kier alpha value is -3.65. The third-order valence-electron chi connectivity index (χ3n) is 7.15. The van der Waals surface area contributed by atoms with Crippen LogP contribution in [0.2, 0.25) is 0 Å². The second-order valence-corrected chi connectivity index (χ2v) is 9.45. The second kappa shape index (κ2) is 8.85. The Morgan fingerprint density at radius 2 is 1.91 bits per heavy atom. The topological polar surface area (TPSA) is 89.4 Å². The van der Waals surface area contributed by atoms with Crippen LogP contribution in [-0.2, 0) is 4.74 Å². The van der Waals surface area contributed by atoms with E-state index in [0.29, 0.717) is 37.3 Å². The number of likely N-dealkylation sites (tertiary alicyclic amines) is 1. The van der Waals surface area contributed by atoms with Crippen molar-refractivity contribution in [3.05, 3.63) is 70.1 Å². The van der Waals surface area contributed by atoms with Crippen LogP contribution in [-0.4, -0.2) is 58.0 Å². The maximum absolute atomic E-state index is 13.6. The summed E-state index contributed by atoms with van der Waals surface area (Å²) < 4.78 is 13.6. The van der Waals surface area contributed by atoms with E-state index in [1.165, 1.54) is 0 Å². The fourth-order valence-electron chi connectivity index (χ4n) is 5.30. The zero-order valence-corrected chi connectivity index (χ0v) is 19.7. The highest BCUT2D eigenvalue weighted by molar-refractivity contribution is 6.07. The second-order valence-electron chi connectivity index (χ2n) is 9.45. The number of rotatable bonds is 4. The summed E-state index contributed by atoms with van der Waals surface area (Å²) in [6.07, 6.45) is 4.09. The minimum absolute atomic E-state index is 0.0138. The fraction of sp³-hybridized carbons (Fsp3) is 0.370. The monoisotopic (exact) mass is 472 g/mol. The van der Waals surface area contributed by atoms with E-state index in [1.54, 1.807) is 6.20 Å². The Kier molecular flexibility index (Phi) is 5.53. The molecule has 0 saturated carbocycles. The number of benzene rings is 2. The van der Waals surface area contributed by atoms with Crippen molar-refractivity contribution in [2.24, 2.45) is 0 Å². The number of nitrogens with one attached hydrogen (secondary N) is 1. The Bertz CT molecular complexity index is 1450. The average molecular weight is 473 g/mol. The van der Waals surface area contributed by atoms with Crippen LogP contribution < -0.4 is 10.3 Å². The number of carbonyl (C=O) groups is 1. The van der Waals surface area contributed by atoms with Crippen molar-refractivity contribution in [2.45, 2.75) is 38.3 Å². The lowest BCUT2D eigenvalue weighted by molar-refractivity contribution is 0.0675. The van der Waals surface area contributed by atoms with Crippen LogP contribution in [0.4, 0.5) is 0 Å². The largest absolute Gasteiger partial charge is 0.489 e. The minimum atomic E-state index is -0.162. The number of hydrogen-bond donors (Lipinski definition) is 1. The summed E-state index contributed by atoms with van der Waals surface area (Å²) in [5, 5.41) is 5.97. The first kappa shape index (κ1) is 21.9. The van der Waals surface area contributed by atoms with Crippen LogP contribution in [0.5, 0.6) is 5.75 Å². The number of para-hydroxylation sites is 1. The van der Waals surface area contributed by atoms with E-state index in [0.717, 1.165) is 47.0 Å². The molecule has 8 nitrogen and oxygen atoms in total. The van der Waals surface area contributed by atoms with Gasteiger partial charge < -0.3 is 19.4 Å². The first-order valence-electron chi connectivity index (χ1n) is 12.2. The number of aromatic nitrogens is 3. The molecule has 1 unspecified atom stereocenters. The molecule has 180 valence electrons. The number of amides is 1. The van der Waals surface area contributed by atoms with Crippen molar-refractivity contribution < 1.29 is 14.3 Å². The molecule has 2 saturated heterocycles. The standard InChI is InChI=1S/C27H28N4O4/c1-17-13-24-22(25-23(26(32)29-24)15-28-31(25)18-8-11-34-12-9-18)14-21(17)27(33)30-10-7-20(16-30)35-19-5-3-2-4-6-19/h2-6,13-15,18,20H,7-12,16H2,1H3,(H,29,32). The van der Waals surface area contributed by atoms with Gasteiger partial charge in [0, 0.05) is 37.1 Å². The van der Waals surface area contributed by atoms with E-state index in [-0.39, 0.29) is 23.6 Å². The lowest BCUT2D eigenvalue weighted by atomic mass is 10.0. The van der Waals surface area contributed by atoms with Gasteiger partial charge in [-0.05, 0) is 49.6 Å². The van der Waals surface area contributed by atoms with Gasteiger partial charge >= 0.3 is 0 Å². The highest BCUT2D eigenvalue weighted by Crippen LogP contribution is 2.30. The third-order valence-corrected chi connectivity index (χ3v) is 7.15. The van der Waals surface area contributed by atoms with Gasteiger partial charge in [0.1, 0.15) is 11.9 Å². The highest BCUT2D eigenvalue weighted by atomic mass is 16.5. The average Bonchev–Trinajstić information content (AvgIpc) is 3.53. The number of hydrogen-bond acceptors (Lipinski definition) is 5. The molecule has 0 radical (unpaired) electrons. The number of pyridine rings is 1. The number of nitrogens with zero attached hydrogens (tertiary/aromatic N) is 3. The Morgan fingerprint density at radius 1 is 1.11 bits per heavy atom. The molecule has 2 fully saturated rings. The molecule has 1 amide bonds. The van der Waals surface area contributed by atoms with Crippen LogP contribution in [0.3, 0.4) is 0 Å². The fourth-order valence-corrected chi connectivity index (χ4v) is 5.30. The molecule has 2 aliphatic heterocycles. The zero-order chi connectivity index (χ0) is 23.9. The Balaban J connectivity index is 1.35. The first-order valence-corrected chi connectivity index (χ1v) is 12.2. The van der Waals surface area contributed by atoms with Crippen molar-refractivity contribution >= 4 is 27.7 Å². The molecule has 0 bridgehead atoms. The van der Waals surface area contributed by atoms with Crippen LogP contribution in [0, 0.1) is 6.92 Å². The summed E-state index contributed by atoms with van der Waals surface area (Å²) in [7, 11) is 0. The highest BCUT2D eigenvalue weighted by Gasteiger charge is 2.30. The molecule has 1 N–H and O–H groups in total. The molecule has 8 heteroatoms. The molecule has 0 aliphatic carbocycles. The van der Waals surface area contributed by atoms with Gasteiger partial charge in [-0.15, -0.1) is 0 Å². The lowest BCUT2D eigenvalue weighted by Crippen LogP contribution is -2.31. The van der Waals surface area contributed by atoms with Gasteiger partial charge in [-0.2, -0.15) is 5.10 Å². The van der Waals surface area contributed by atoms with Crippen LogP contribution in [0.1, 0.15) is 41.2 Å². The van der Waals surface area contributed by atoms with Gasteiger partial charge in [0.25, 0.3) is 11.5 Å². The zero-order valence-electron chi connectivity index (χ0n) is 19.7. The molecule has 6 rings (SSSR count). The number of carbonyl (C=O) groups excluding carboxylic acids is 1. The van der Waals surface area contributed by atoms with Gasteiger partial charge in [0.05, 0.1) is 35.2 Å². The number of aromatic amines is 1. The molecule has 4 aromatic rings. The lowest BCUT2D eigenvalue weighted by Gasteiger charge is -2.23. The predicted molar refractivity (Wildman–Crippen MR) is 133 cm³/mol. The van der Waals surface area contributed by atoms with Crippen molar-refractivity contribution in [1.29, 1.82) is 0 Å². The van der Waals surface area contributed by atoms with Crippen molar-refractivity contribution in [3.8, 4) is 5.75 Å². The Labute approximate surface area is 202 Å². The molecule has 4 heterocycles. The summed E-state index contributed by atoms with van der Waals surface area (Å²) in [5.41, 5.74) is 2.83. The molecular formula is C27H28N4O4.